The molecule has 36 valence electrons. The maximum absolute atomic E-state index is 7.99. The summed E-state index contributed by atoms with van der Waals surface area (Å²) >= 11 is 1.01. The maximum Gasteiger partial charge on any atom is 0.548 e. The molecule has 0 amide bonds. The van der Waals surface area contributed by atoms with E-state index in [-0.39, 0.29) is 0 Å². The lowest BCUT2D eigenvalue weighted by Gasteiger charge is -1.72. The Kier molecular flexibility index (Phi) is 2.94. The van der Waals surface area contributed by atoms with E-state index >= 15 is 0 Å². The van der Waals surface area contributed by atoms with Gasteiger partial charge in [0.1, 0.15) is 0 Å². The van der Waals surface area contributed by atoms with E-state index < -0.39 is 5.30 Å². The van der Waals surface area contributed by atoms with E-state index in [2.05, 4.69) is 0 Å². The van der Waals surface area contributed by atoms with Crippen molar-refractivity contribution in [2.75, 3.05) is 5.75 Å². The summed E-state index contributed by atoms with van der Waals surface area (Å²) in [5.74, 6) is 0.711. The highest BCUT2D eigenvalue weighted by molar-refractivity contribution is 8.13. The van der Waals surface area contributed by atoms with Crippen molar-refractivity contribution >= 4 is 17.1 Å². The number of rotatable bonds is 1. The molecule has 0 aromatic carbocycles. The third-order valence-electron chi connectivity index (χ3n) is 0.273. The van der Waals surface area contributed by atoms with Crippen LogP contribution in [0.15, 0.2) is 0 Å². The van der Waals surface area contributed by atoms with Crippen LogP contribution in [0.5, 0.6) is 0 Å². The highest BCUT2D eigenvalue weighted by Crippen LogP contribution is 1.93. The minimum atomic E-state index is -0.544. The Bertz CT molecular complexity index is 52.8. The topological polar surface area (TPSA) is 41.6 Å². The second-order valence-corrected chi connectivity index (χ2v) is 1.95. The van der Waals surface area contributed by atoms with Crippen molar-refractivity contribution in [2.45, 2.75) is 6.92 Å². The SMILES string of the molecule is CCSC(O)=[OH+]. The molecule has 0 heterocycles. The predicted octanol–water partition coefficient (Wildman–Crippen LogP) is 0.757. The summed E-state index contributed by atoms with van der Waals surface area (Å²) in [7, 11) is 0. The van der Waals surface area contributed by atoms with Gasteiger partial charge < -0.3 is 9.90 Å². The molecule has 0 unspecified atom stereocenters. The van der Waals surface area contributed by atoms with Crippen molar-refractivity contribution in [3.8, 4) is 0 Å². The van der Waals surface area contributed by atoms with Gasteiger partial charge in [-0.25, -0.2) is 0 Å². The van der Waals surface area contributed by atoms with E-state index in [0.29, 0.717) is 5.75 Å². The molecule has 2 N–H and O–H groups in total. The molecule has 0 atom stereocenters. The van der Waals surface area contributed by atoms with Crippen LogP contribution in [0.2, 0.25) is 0 Å². The fraction of sp³-hybridized carbons (Fsp3) is 0.667. The standard InChI is InChI=1S/C3H6O2S/c1-2-6-3(4)5/h2H2,1H3,(H,4,5)/p+1. The molecule has 0 aliphatic heterocycles. The third-order valence-corrected chi connectivity index (χ3v) is 0.820. The van der Waals surface area contributed by atoms with Crippen LogP contribution < -0.4 is 0 Å². The normalized spacial score (nSPS) is 8.17. The Morgan fingerprint density at radius 1 is 2.00 bits per heavy atom. The molecule has 0 aliphatic carbocycles. The van der Waals surface area contributed by atoms with Crippen LogP contribution in [0.3, 0.4) is 0 Å². The first kappa shape index (κ1) is 5.82. The van der Waals surface area contributed by atoms with E-state index in [4.69, 9.17) is 9.90 Å². The van der Waals surface area contributed by atoms with Gasteiger partial charge in [-0.05, 0) is 0 Å². The van der Waals surface area contributed by atoms with Crippen LogP contribution in [0.4, 0.5) is 0 Å². The minimum absolute atomic E-state index is 0.544. The Hall–Kier alpha value is -0.180. The molecule has 0 aliphatic rings. The van der Waals surface area contributed by atoms with Crippen molar-refractivity contribution in [2.24, 2.45) is 0 Å². The average Bonchev–Trinajstić information content (AvgIpc) is 1.35. The largest absolute Gasteiger partial charge is 0.548 e. The molecule has 0 saturated carbocycles. The molecule has 0 radical (unpaired) electrons. The molecule has 3 heteroatoms. The van der Waals surface area contributed by atoms with Crippen LogP contribution in [0.25, 0.3) is 0 Å². The summed E-state index contributed by atoms with van der Waals surface area (Å²) in [4.78, 5) is 7.99. The summed E-state index contributed by atoms with van der Waals surface area (Å²) in [6, 6.07) is 0. The Morgan fingerprint density at radius 3 is 2.50 bits per heavy atom. The van der Waals surface area contributed by atoms with Gasteiger partial charge in [-0.3, -0.25) is 0 Å². The van der Waals surface area contributed by atoms with Gasteiger partial charge in [-0.2, -0.15) is 0 Å². The van der Waals surface area contributed by atoms with Crippen molar-refractivity contribution in [1.82, 2.24) is 0 Å². The monoisotopic (exact) mass is 107 g/mol. The zero-order valence-electron chi connectivity index (χ0n) is 3.51. The van der Waals surface area contributed by atoms with Crippen molar-refractivity contribution < 1.29 is 9.90 Å². The van der Waals surface area contributed by atoms with E-state index in [9.17, 15) is 0 Å². The lowest BCUT2D eigenvalue weighted by molar-refractivity contribution is 0.482. The first-order valence-corrected chi connectivity index (χ1v) is 2.63. The van der Waals surface area contributed by atoms with E-state index in [1.54, 1.807) is 0 Å². The quantitative estimate of drug-likeness (QED) is 0.502. The van der Waals surface area contributed by atoms with Crippen molar-refractivity contribution in [3.05, 3.63) is 0 Å². The number of carboxylic acid groups (broad SMARTS) is 1. The van der Waals surface area contributed by atoms with Gasteiger partial charge >= 0.3 is 5.30 Å². The zero-order valence-corrected chi connectivity index (χ0v) is 4.33. The molecular formula is C3H7O2S+. The lowest BCUT2D eigenvalue weighted by atomic mass is 11.0. The Morgan fingerprint density at radius 2 is 2.50 bits per heavy atom. The summed E-state index contributed by atoms with van der Waals surface area (Å²) in [5.41, 5.74) is 0. The molecule has 0 aromatic rings. The average molecular weight is 107 g/mol. The van der Waals surface area contributed by atoms with Crippen LogP contribution >= 0.6 is 11.8 Å². The third kappa shape index (κ3) is 3.82. The van der Waals surface area contributed by atoms with Gasteiger partial charge in [-0.1, -0.05) is 6.92 Å². The second-order valence-electron chi connectivity index (χ2n) is 0.716. The van der Waals surface area contributed by atoms with E-state index in [1.807, 2.05) is 6.92 Å². The smallest absolute Gasteiger partial charge is 0.330 e. The number of hydrogen-bond acceptors (Lipinski definition) is 1. The summed E-state index contributed by atoms with van der Waals surface area (Å²) < 4.78 is 0. The fourth-order valence-electron chi connectivity index (χ4n) is 0.129. The first-order valence-electron chi connectivity index (χ1n) is 1.65. The molecule has 6 heavy (non-hydrogen) atoms. The van der Waals surface area contributed by atoms with Gasteiger partial charge in [0.15, 0.2) is 0 Å². The zero-order chi connectivity index (χ0) is 4.99. The molecule has 0 aromatic heterocycles. The molecule has 0 rings (SSSR count). The number of thioether (sulfide) groups is 1. The summed E-state index contributed by atoms with van der Waals surface area (Å²) in [6.07, 6.45) is 0. The number of hydrogen-bond donors (Lipinski definition) is 1. The lowest BCUT2D eigenvalue weighted by Crippen LogP contribution is -1.85. The molecule has 0 saturated heterocycles. The highest BCUT2D eigenvalue weighted by Gasteiger charge is 1.98. The van der Waals surface area contributed by atoms with Crippen LogP contribution in [-0.2, 0) is 0 Å². The van der Waals surface area contributed by atoms with Crippen molar-refractivity contribution in [3.63, 3.8) is 0 Å². The van der Waals surface area contributed by atoms with Gasteiger partial charge in [0.2, 0.25) is 0 Å². The van der Waals surface area contributed by atoms with Gasteiger partial charge in [-0.15, -0.1) is 0 Å². The minimum Gasteiger partial charge on any atom is -0.330 e. The summed E-state index contributed by atoms with van der Waals surface area (Å²) in [6.45, 7) is 1.84. The molecule has 2 nitrogen and oxygen atoms in total. The van der Waals surface area contributed by atoms with Gasteiger partial charge in [0.05, 0.1) is 0 Å². The Labute approximate surface area is 40.5 Å². The molecular weight excluding hydrogens is 100 g/mol. The van der Waals surface area contributed by atoms with Gasteiger partial charge in [0.25, 0.3) is 0 Å². The van der Waals surface area contributed by atoms with Crippen LogP contribution in [0, 0.1) is 0 Å². The fourth-order valence-corrected chi connectivity index (χ4v) is 0.387. The predicted molar refractivity (Wildman–Crippen MR) is 27.7 cm³/mol. The second kappa shape index (κ2) is 3.03. The van der Waals surface area contributed by atoms with Crippen LogP contribution in [0.1, 0.15) is 6.92 Å². The van der Waals surface area contributed by atoms with Crippen molar-refractivity contribution in [1.29, 1.82) is 0 Å². The highest BCUT2D eigenvalue weighted by atomic mass is 32.2. The van der Waals surface area contributed by atoms with E-state index in [0.717, 1.165) is 11.8 Å². The molecule has 0 bridgehead atoms. The molecule has 0 fully saturated rings. The first-order chi connectivity index (χ1) is 2.77. The van der Waals surface area contributed by atoms with Gasteiger partial charge in [0, 0.05) is 17.5 Å². The number of aliphatic hydroxyl groups excluding tert-OH is 1. The van der Waals surface area contributed by atoms with Crippen LogP contribution in [-0.4, -0.2) is 21.0 Å². The Balaban J connectivity index is 2.83. The molecule has 0 spiro atoms. The summed E-state index contributed by atoms with van der Waals surface area (Å²) in [5, 5.41) is 7.44. The van der Waals surface area contributed by atoms with E-state index in [1.165, 1.54) is 0 Å². The maximum atomic E-state index is 7.99.